The second-order valence-corrected chi connectivity index (χ2v) is 3.49. The van der Waals surface area contributed by atoms with Crippen molar-refractivity contribution in [2.45, 2.75) is 19.4 Å². The van der Waals surface area contributed by atoms with Gasteiger partial charge in [-0.3, -0.25) is 0 Å². The van der Waals surface area contributed by atoms with E-state index < -0.39 is 0 Å². The average molecular weight is 210 g/mol. The Bertz CT molecular complexity index is 305. The minimum absolute atomic E-state index is 0. The van der Waals surface area contributed by atoms with Crippen LogP contribution in [0.2, 0.25) is 0 Å². The molecule has 76 valence electrons. The van der Waals surface area contributed by atoms with Gasteiger partial charge in [0.25, 0.3) is 0 Å². The fraction of sp³-hybridized carbons (Fsp3) is 0.333. The molecule has 1 unspecified atom stereocenters. The zero-order chi connectivity index (χ0) is 9.10. The number of halogens is 1. The lowest BCUT2D eigenvalue weighted by molar-refractivity contribution is 0.627. The van der Waals surface area contributed by atoms with Gasteiger partial charge in [0, 0.05) is 6.04 Å². The van der Waals surface area contributed by atoms with E-state index in [0.29, 0.717) is 6.04 Å². The third-order valence-corrected chi connectivity index (χ3v) is 2.53. The van der Waals surface area contributed by atoms with Crippen LogP contribution in [0.4, 0.5) is 0 Å². The molecule has 1 atom stereocenters. The van der Waals surface area contributed by atoms with Gasteiger partial charge in [0.1, 0.15) is 0 Å². The molecule has 0 radical (unpaired) electrons. The summed E-state index contributed by atoms with van der Waals surface area (Å²) in [5.74, 6) is 0. The summed E-state index contributed by atoms with van der Waals surface area (Å²) < 4.78 is 0. The van der Waals surface area contributed by atoms with E-state index in [1.165, 1.54) is 11.1 Å². The van der Waals surface area contributed by atoms with Crippen LogP contribution < -0.4 is 5.32 Å². The molecule has 14 heavy (non-hydrogen) atoms. The standard InChI is InChI=1S/C12H15N.ClH/c1-10-12(8-5-9-13-10)11-6-3-2-4-7-11;/h2-4,6-8,10,13H,5,9H2,1H3;1H. The van der Waals surface area contributed by atoms with Crippen LogP contribution in [0.15, 0.2) is 36.4 Å². The summed E-state index contributed by atoms with van der Waals surface area (Å²) in [5.41, 5.74) is 2.79. The molecule has 1 aliphatic rings. The van der Waals surface area contributed by atoms with Crippen LogP contribution in [-0.4, -0.2) is 12.6 Å². The highest BCUT2D eigenvalue weighted by Crippen LogP contribution is 2.20. The molecule has 0 bridgehead atoms. The summed E-state index contributed by atoms with van der Waals surface area (Å²) in [6.07, 6.45) is 3.49. The second-order valence-electron chi connectivity index (χ2n) is 3.49. The summed E-state index contributed by atoms with van der Waals surface area (Å²) >= 11 is 0. The molecule has 0 aromatic heterocycles. The van der Waals surface area contributed by atoms with E-state index in [4.69, 9.17) is 0 Å². The van der Waals surface area contributed by atoms with Gasteiger partial charge in [-0.05, 0) is 31.0 Å². The van der Waals surface area contributed by atoms with E-state index in [1.54, 1.807) is 0 Å². The fourth-order valence-electron chi connectivity index (χ4n) is 1.81. The Balaban J connectivity index is 0.000000980. The molecular formula is C12H16ClN. The zero-order valence-corrected chi connectivity index (χ0v) is 9.18. The summed E-state index contributed by atoms with van der Waals surface area (Å²) in [4.78, 5) is 0. The Morgan fingerprint density at radius 3 is 2.57 bits per heavy atom. The van der Waals surface area contributed by atoms with Gasteiger partial charge in [0.05, 0.1) is 0 Å². The highest BCUT2D eigenvalue weighted by molar-refractivity contribution is 5.85. The van der Waals surface area contributed by atoms with Crippen molar-refractivity contribution >= 4 is 18.0 Å². The van der Waals surface area contributed by atoms with Crippen molar-refractivity contribution < 1.29 is 0 Å². The van der Waals surface area contributed by atoms with Crippen molar-refractivity contribution in [2.24, 2.45) is 0 Å². The lowest BCUT2D eigenvalue weighted by Crippen LogP contribution is -2.31. The van der Waals surface area contributed by atoms with Crippen molar-refractivity contribution in [3.05, 3.63) is 42.0 Å². The smallest absolute Gasteiger partial charge is 0.0294 e. The Labute approximate surface area is 91.6 Å². The molecule has 0 amide bonds. The first-order valence-corrected chi connectivity index (χ1v) is 4.87. The predicted molar refractivity (Wildman–Crippen MR) is 63.7 cm³/mol. The van der Waals surface area contributed by atoms with Crippen LogP contribution in [0.3, 0.4) is 0 Å². The molecule has 2 rings (SSSR count). The van der Waals surface area contributed by atoms with Gasteiger partial charge in [-0.25, -0.2) is 0 Å². The molecule has 0 saturated carbocycles. The van der Waals surface area contributed by atoms with E-state index in [-0.39, 0.29) is 12.4 Å². The normalized spacial score (nSPS) is 20.9. The van der Waals surface area contributed by atoms with E-state index in [9.17, 15) is 0 Å². The lowest BCUT2D eigenvalue weighted by Gasteiger charge is -2.22. The van der Waals surface area contributed by atoms with E-state index in [1.807, 2.05) is 0 Å². The van der Waals surface area contributed by atoms with Crippen molar-refractivity contribution in [3.8, 4) is 0 Å². The summed E-state index contributed by atoms with van der Waals surface area (Å²) in [5, 5.41) is 3.46. The van der Waals surface area contributed by atoms with Gasteiger partial charge in [0.15, 0.2) is 0 Å². The van der Waals surface area contributed by atoms with Crippen LogP contribution in [0.25, 0.3) is 5.57 Å². The molecule has 1 N–H and O–H groups in total. The van der Waals surface area contributed by atoms with E-state index >= 15 is 0 Å². The molecule has 0 fully saturated rings. The minimum Gasteiger partial charge on any atom is -0.310 e. The average Bonchev–Trinajstić information content (AvgIpc) is 2.20. The summed E-state index contributed by atoms with van der Waals surface area (Å²) in [6.45, 7) is 3.33. The lowest BCUT2D eigenvalue weighted by atomic mass is 9.96. The van der Waals surface area contributed by atoms with Gasteiger partial charge >= 0.3 is 0 Å². The van der Waals surface area contributed by atoms with Crippen LogP contribution in [0.5, 0.6) is 0 Å². The fourth-order valence-corrected chi connectivity index (χ4v) is 1.81. The summed E-state index contributed by atoms with van der Waals surface area (Å²) in [7, 11) is 0. The quantitative estimate of drug-likeness (QED) is 0.750. The summed E-state index contributed by atoms with van der Waals surface area (Å²) in [6, 6.07) is 11.1. The maximum atomic E-state index is 3.46. The van der Waals surface area contributed by atoms with Gasteiger partial charge in [0.2, 0.25) is 0 Å². The highest BCUT2D eigenvalue weighted by Gasteiger charge is 2.12. The SMILES string of the molecule is CC1NCCC=C1c1ccccc1.Cl. The molecule has 0 spiro atoms. The van der Waals surface area contributed by atoms with Crippen molar-refractivity contribution in [2.75, 3.05) is 6.54 Å². The van der Waals surface area contributed by atoms with Crippen molar-refractivity contribution in [1.82, 2.24) is 5.32 Å². The second kappa shape index (κ2) is 5.18. The van der Waals surface area contributed by atoms with E-state index in [2.05, 4.69) is 48.6 Å². The Hall–Kier alpha value is -0.790. The first kappa shape index (κ1) is 11.3. The Morgan fingerprint density at radius 1 is 1.21 bits per heavy atom. The van der Waals surface area contributed by atoms with Crippen LogP contribution >= 0.6 is 12.4 Å². The Morgan fingerprint density at radius 2 is 1.93 bits per heavy atom. The molecule has 0 saturated heterocycles. The van der Waals surface area contributed by atoms with Crippen LogP contribution in [0.1, 0.15) is 18.9 Å². The molecule has 0 aliphatic carbocycles. The monoisotopic (exact) mass is 209 g/mol. The highest BCUT2D eigenvalue weighted by atomic mass is 35.5. The van der Waals surface area contributed by atoms with Crippen molar-refractivity contribution in [3.63, 3.8) is 0 Å². The molecule has 1 aliphatic heterocycles. The van der Waals surface area contributed by atoms with Gasteiger partial charge in [-0.15, -0.1) is 12.4 Å². The molecule has 1 aromatic carbocycles. The van der Waals surface area contributed by atoms with Gasteiger partial charge < -0.3 is 5.32 Å². The maximum Gasteiger partial charge on any atom is 0.0294 e. The van der Waals surface area contributed by atoms with Gasteiger partial charge in [-0.1, -0.05) is 36.4 Å². The minimum atomic E-state index is 0. The zero-order valence-electron chi connectivity index (χ0n) is 8.36. The molecule has 2 heteroatoms. The molecule has 1 aromatic rings. The number of rotatable bonds is 1. The number of benzene rings is 1. The first-order valence-electron chi connectivity index (χ1n) is 4.87. The number of hydrogen-bond donors (Lipinski definition) is 1. The largest absolute Gasteiger partial charge is 0.310 e. The van der Waals surface area contributed by atoms with Crippen LogP contribution in [0, 0.1) is 0 Å². The first-order chi connectivity index (χ1) is 6.38. The third kappa shape index (κ3) is 2.37. The number of nitrogens with one attached hydrogen (secondary N) is 1. The van der Waals surface area contributed by atoms with Crippen LogP contribution in [-0.2, 0) is 0 Å². The topological polar surface area (TPSA) is 12.0 Å². The van der Waals surface area contributed by atoms with E-state index in [0.717, 1.165) is 13.0 Å². The van der Waals surface area contributed by atoms with Crippen molar-refractivity contribution in [1.29, 1.82) is 0 Å². The molecule has 1 heterocycles. The molecule has 1 nitrogen and oxygen atoms in total. The number of hydrogen-bond acceptors (Lipinski definition) is 1. The maximum absolute atomic E-state index is 3.46. The molecular weight excluding hydrogens is 194 g/mol. The third-order valence-electron chi connectivity index (χ3n) is 2.53. The van der Waals surface area contributed by atoms with Gasteiger partial charge in [-0.2, -0.15) is 0 Å². The predicted octanol–water partition coefficient (Wildman–Crippen LogP) is 2.87. The Kier molecular flexibility index (Phi) is 4.18.